The number of carbonyl (C=O) groups excluding carboxylic acids is 1. The molecule has 28 heavy (non-hydrogen) atoms. The number of aromatic nitrogens is 1. The van der Waals surface area contributed by atoms with Gasteiger partial charge in [0.2, 0.25) is 0 Å². The number of nitrogens with one attached hydrogen (secondary N) is 1. The Bertz CT molecular complexity index is 758. The molecule has 0 saturated carbocycles. The summed E-state index contributed by atoms with van der Waals surface area (Å²) in [5.41, 5.74) is 5.09. The lowest BCUT2D eigenvalue weighted by Gasteiger charge is -2.35. The fourth-order valence-corrected chi connectivity index (χ4v) is 3.87. The Labute approximate surface area is 165 Å². The molecular weight excluding hydrogens is 362 g/mol. The van der Waals surface area contributed by atoms with E-state index in [1.807, 2.05) is 4.90 Å². The molecule has 1 aromatic rings. The zero-order chi connectivity index (χ0) is 20.1. The largest absolute Gasteiger partial charge is 0.505 e. The number of hydrogen-bond acceptors (Lipinski definition) is 7. The molecule has 9 nitrogen and oxygen atoms in total. The minimum absolute atomic E-state index is 0.307. The van der Waals surface area contributed by atoms with E-state index in [1.165, 1.54) is 0 Å². The Morgan fingerprint density at radius 1 is 1.18 bits per heavy atom. The molecule has 2 aliphatic heterocycles. The van der Waals surface area contributed by atoms with E-state index < -0.39 is 11.5 Å². The number of morpholine rings is 1. The van der Waals surface area contributed by atoms with Crippen molar-refractivity contribution >= 4 is 17.4 Å². The van der Waals surface area contributed by atoms with Gasteiger partial charge in [0.1, 0.15) is 17.1 Å². The van der Waals surface area contributed by atoms with Crippen LogP contribution in [0, 0.1) is 0 Å². The summed E-state index contributed by atoms with van der Waals surface area (Å²) in [6.45, 7) is 8.33. The van der Waals surface area contributed by atoms with Crippen LogP contribution >= 0.6 is 0 Å². The van der Waals surface area contributed by atoms with Crippen LogP contribution in [0.1, 0.15) is 36.5 Å². The maximum atomic E-state index is 12.9. The van der Waals surface area contributed by atoms with Crippen LogP contribution < -0.4 is 21.5 Å². The van der Waals surface area contributed by atoms with Gasteiger partial charge in [-0.25, -0.2) is 0 Å². The summed E-state index contributed by atoms with van der Waals surface area (Å²) in [4.78, 5) is 29.2. The second-order valence-corrected chi connectivity index (χ2v) is 7.32. The maximum absolute atomic E-state index is 12.9. The topological polar surface area (TPSA) is 113 Å². The number of unbranched alkanes of at least 4 members (excludes halogenated alkanes) is 2. The molecule has 0 aliphatic carbocycles. The van der Waals surface area contributed by atoms with Crippen molar-refractivity contribution in [2.75, 3.05) is 62.7 Å². The van der Waals surface area contributed by atoms with Crippen LogP contribution in [0.25, 0.3) is 0 Å². The minimum atomic E-state index is -0.899. The van der Waals surface area contributed by atoms with Crippen LogP contribution in [0.4, 0.5) is 11.5 Å². The Morgan fingerprint density at radius 3 is 2.61 bits per heavy atom. The lowest BCUT2D eigenvalue weighted by molar-refractivity contribution is 0.0363. The van der Waals surface area contributed by atoms with E-state index in [9.17, 15) is 14.7 Å². The van der Waals surface area contributed by atoms with Gasteiger partial charge in [-0.15, -0.1) is 0 Å². The lowest BCUT2D eigenvalue weighted by Crippen LogP contribution is -2.43. The van der Waals surface area contributed by atoms with Gasteiger partial charge in [0.25, 0.3) is 11.5 Å². The van der Waals surface area contributed by atoms with Crippen LogP contribution in [-0.4, -0.2) is 73.0 Å². The van der Waals surface area contributed by atoms with Crippen molar-refractivity contribution in [2.24, 2.45) is 5.73 Å². The number of rotatable bonds is 8. The molecule has 0 bridgehead atoms. The third-order valence-electron chi connectivity index (χ3n) is 5.43. The van der Waals surface area contributed by atoms with Gasteiger partial charge in [0.05, 0.1) is 13.2 Å². The number of ether oxygens (including phenoxy) is 1. The van der Waals surface area contributed by atoms with Crippen LogP contribution in [0.15, 0.2) is 4.79 Å². The molecular formula is C19H31N5O4. The summed E-state index contributed by atoms with van der Waals surface area (Å²) in [5, 5.41) is 14.0. The van der Waals surface area contributed by atoms with Gasteiger partial charge in [-0.1, -0.05) is 19.8 Å². The number of aromatic hydroxyl groups is 1. The highest BCUT2D eigenvalue weighted by atomic mass is 16.5. The summed E-state index contributed by atoms with van der Waals surface area (Å²) >= 11 is 0. The van der Waals surface area contributed by atoms with Crippen molar-refractivity contribution in [2.45, 2.75) is 32.7 Å². The molecule has 0 unspecified atom stereocenters. The highest BCUT2D eigenvalue weighted by molar-refractivity contribution is 5.99. The first-order valence-corrected chi connectivity index (χ1v) is 10.1. The number of carbonyl (C=O) groups is 1. The number of anilines is 2. The van der Waals surface area contributed by atoms with Crippen LogP contribution in [0.3, 0.4) is 0 Å². The van der Waals surface area contributed by atoms with Crippen molar-refractivity contribution in [1.82, 2.24) is 9.47 Å². The zero-order valence-electron chi connectivity index (χ0n) is 16.6. The van der Waals surface area contributed by atoms with Crippen molar-refractivity contribution in [3.05, 3.63) is 15.9 Å². The van der Waals surface area contributed by atoms with Crippen molar-refractivity contribution in [1.29, 1.82) is 0 Å². The fourth-order valence-electron chi connectivity index (χ4n) is 3.87. The van der Waals surface area contributed by atoms with Gasteiger partial charge in [-0.3, -0.25) is 19.1 Å². The van der Waals surface area contributed by atoms with Crippen molar-refractivity contribution in [3.8, 4) is 5.75 Å². The zero-order valence-corrected chi connectivity index (χ0v) is 16.6. The first kappa shape index (κ1) is 20.5. The molecule has 1 amide bonds. The second kappa shape index (κ2) is 9.29. The quantitative estimate of drug-likeness (QED) is 0.548. The number of nitrogens with two attached hydrogens (primary N) is 1. The van der Waals surface area contributed by atoms with Gasteiger partial charge in [0.15, 0.2) is 5.75 Å². The average molecular weight is 393 g/mol. The van der Waals surface area contributed by atoms with E-state index in [4.69, 9.17) is 10.5 Å². The van der Waals surface area contributed by atoms with Gasteiger partial charge in [-0.05, 0) is 6.42 Å². The lowest BCUT2D eigenvalue weighted by atomic mass is 10.1. The molecule has 3 heterocycles. The smallest absolute Gasteiger partial charge is 0.268 e. The Balaban J connectivity index is 1.96. The van der Waals surface area contributed by atoms with Gasteiger partial charge >= 0.3 is 0 Å². The van der Waals surface area contributed by atoms with E-state index in [2.05, 4.69) is 17.1 Å². The maximum Gasteiger partial charge on any atom is 0.268 e. The Morgan fingerprint density at radius 2 is 1.93 bits per heavy atom. The first-order chi connectivity index (χ1) is 13.5. The number of fused-ring (bicyclic) bond motifs is 1. The predicted octanol–water partition coefficient (Wildman–Crippen LogP) is 0.407. The van der Waals surface area contributed by atoms with Gasteiger partial charge in [-0.2, -0.15) is 0 Å². The molecule has 1 fully saturated rings. The van der Waals surface area contributed by atoms with Gasteiger partial charge < -0.3 is 25.8 Å². The summed E-state index contributed by atoms with van der Waals surface area (Å²) in [6, 6.07) is 0. The van der Waals surface area contributed by atoms with E-state index >= 15 is 0 Å². The SMILES string of the molecule is CCCCCN1CCNc2c1c(O)c(C(N)=O)c(=O)n2CCN1CCOCC1. The molecule has 9 heteroatoms. The van der Waals surface area contributed by atoms with Gasteiger partial charge in [0, 0.05) is 45.8 Å². The molecule has 4 N–H and O–H groups in total. The van der Waals surface area contributed by atoms with E-state index in [-0.39, 0.29) is 11.3 Å². The normalized spacial score (nSPS) is 17.2. The van der Waals surface area contributed by atoms with E-state index in [0.29, 0.717) is 50.9 Å². The number of pyridine rings is 1. The molecule has 1 aromatic heterocycles. The molecule has 0 aromatic carbocycles. The average Bonchev–Trinajstić information content (AvgIpc) is 2.68. The Kier molecular flexibility index (Phi) is 6.79. The molecule has 0 spiro atoms. The van der Waals surface area contributed by atoms with Crippen LogP contribution in [0.2, 0.25) is 0 Å². The number of nitrogens with zero attached hydrogens (tertiary/aromatic N) is 3. The molecule has 3 rings (SSSR count). The minimum Gasteiger partial charge on any atom is -0.505 e. The predicted molar refractivity (Wildman–Crippen MR) is 108 cm³/mol. The molecule has 2 aliphatic rings. The van der Waals surface area contributed by atoms with Crippen molar-refractivity contribution in [3.63, 3.8) is 0 Å². The van der Waals surface area contributed by atoms with E-state index in [0.717, 1.165) is 38.9 Å². The molecule has 0 radical (unpaired) electrons. The van der Waals surface area contributed by atoms with E-state index in [1.54, 1.807) is 4.57 Å². The highest BCUT2D eigenvalue weighted by Gasteiger charge is 2.30. The third kappa shape index (κ3) is 4.25. The monoisotopic (exact) mass is 393 g/mol. The standard InChI is InChI=1S/C19H31N5O4/c1-2-3-4-6-23-7-5-21-18-15(23)16(25)14(17(20)26)19(27)24(18)9-8-22-10-12-28-13-11-22/h21,25H,2-13H2,1H3,(H2,20,26). The summed E-state index contributed by atoms with van der Waals surface area (Å²) in [5.74, 6) is -0.633. The molecule has 1 saturated heterocycles. The highest BCUT2D eigenvalue weighted by Crippen LogP contribution is 2.38. The molecule has 156 valence electrons. The summed E-state index contributed by atoms with van der Waals surface area (Å²) < 4.78 is 6.92. The summed E-state index contributed by atoms with van der Waals surface area (Å²) in [6.07, 6.45) is 3.16. The molecule has 0 atom stereocenters. The van der Waals surface area contributed by atoms with Crippen molar-refractivity contribution < 1.29 is 14.6 Å². The number of primary amides is 1. The number of hydrogen-bond donors (Lipinski definition) is 3. The third-order valence-corrected chi connectivity index (χ3v) is 5.43. The first-order valence-electron chi connectivity index (χ1n) is 10.1. The second-order valence-electron chi connectivity index (χ2n) is 7.32. The fraction of sp³-hybridized carbons (Fsp3) is 0.684. The summed E-state index contributed by atoms with van der Waals surface area (Å²) in [7, 11) is 0. The van der Waals surface area contributed by atoms with Crippen LogP contribution in [0.5, 0.6) is 5.75 Å². The Hall–Kier alpha value is -2.26. The number of amides is 1. The van der Waals surface area contributed by atoms with Crippen LogP contribution in [-0.2, 0) is 11.3 Å².